The molecule has 1 fully saturated rings. The summed E-state index contributed by atoms with van der Waals surface area (Å²) in [5.74, 6) is -0.258. The second-order valence-electron chi connectivity index (χ2n) is 2.43. The zero-order valence-corrected chi connectivity index (χ0v) is 9.51. The Labute approximate surface area is 98.1 Å². The number of carbonyl (C=O) groups excluding carboxylic acids is 3. The second-order valence-corrected chi connectivity index (χ2v) is 2.43. The summed E-state index contributed by atoms with van der Waals surface area (Å²) in [6, 6.07) is -0.833. The van der Waals surface area contributed by atoms with Gasteiger partial charge in [-0.2, -0.15) is 0 Å². The number of nitrogens with two attached hydrogens (primary N) is 3. The Hall–Kier alpha value is -2.03. The first-order valence-electron chi connectivity index (χ1n) is 4.60. The Morgan fingerprint density at radius 3 is 1.94 bits per heavy atom. The smallest absolute Gasteiger partial charge is 0.404 e. The minimum atomic E-state index is -0.833. The lowest BCUT2D eigenvalue weighted by atomic mass is 10.6. The Balaban J connectivity index is 0. The molecule has 1 aliphatic rings. The van der Waals surface area contributed by atoms with Crippen molar-refractivity contribution in [3.05, 3.63) is 0 Å². The van der Waals surface area contributed by atoms with Crippen molar-refractivity contribution in [1.29, 1.82) is 0 Å². The molecule has 0 saturated carbocycles. The lowest BCUT2D eigenvalue weighted by Gasteiger charge is -2.09. The number of ether oxygens (including phenoxy) is 3. The molecular formula is C8H17N3O6. The molecule has 9 nitrogen and oxygen atoms in total. The van der Waals surface area contributed by atoms with Gasteiger partial charge in [0.1, 0.15) is 13.2 Å². The molecule has 1 aliphatic heterocycles. The minimum absolute atomic E-state index is 0.125. The highest BCUT2D eigenvalue weighted by Crippen LogP contribution is 1.88. The number of rotatable bonds is 1. The van der Waals surface area contributed by atoms with Crippen LogP contribution in [0.15, 0.2) is 0 Å². The number of carbonyl (C=O) groups is 3. The van der Waals surface area contributed by atoms with Crippen molar-refractivity contribution in [2.75, 3.05) is 26.4 Å². The van der Waals surface area contributed by atoms with Crippen LogP contribution in [-0.2, 0) is 19.0 Å². The molecule has 0 bridgehead atoms. The molecule has 1 saturated heterocycles. The average Bonchev–Trinajstić information content (AvgIpc) is 2.18. The average molecular weight is 251 g/mol. The molecular weight excluding hydrogens is 234 g/mol. The quantitative estimate of drug-likeness (QED) is 0.490. The van der Waals surface area contributed by atoms with E-state index >= 15 is 0 Å². The first kappa shape index (κ1) is 17.4. The first-order chi connectivity index (χ1) is 7.90. The van der Waals surface area contributed by atoms with Crippen LogP contribution in [0.25, 0.3) is 0 Å². The largest absolute Gasteiger partial charge is 0.462 e. The number of cyclic esters (lactones) is 1. The van der Waals surface area contributed by atoms with Crippen LogP contribution in [0.2, 0.25) is 0 Å². The van der Waals surface area contributed by atoms with E-state index in [1.807, 2.05) is 0 Å². The SMILES string of the molecule is CCOC(N)=O.NC(N)=O.O=C1COCCO1. The Bertz CT molecular complexity index is 233. The monoisotopic (exact) mass is 251 g/mol. The topological polar surface area (TPSA) is 157 Å². The Morgan fingerprint density at radius 1 is 1.29 bits per heavy atom. The molecule has 0 unspecified atom stereocenters. The summed E-state index contributed by atoms with van der Waals surface area (Å²) in [5, 5.41) is 0. The highest BCUT2D eigenvalue weighted by atomic mass is 16.6. The summed E-state index contributed by atoms with van der Waals surface area (Å²) in [5.41, 5.74) is 13.0. The minimum Gasteiger partial charge on any atom is -0.462 e. The summed E-state index contributed by atoms with van der Waals surface area (Å²) in [7, 11) is 0. The van der Waals surface area contributed by atoms with Gasteiger partial charge in [-0.05, 0) is 6.92 Å². The van der Waals surface area contributed by atoms with Crippen LogP contribution in [0.4, 0.5) is 9.59 Å². The van der Waals surface area contributed by atoms with Gasteiger partial charge in [0.05, 0.1) is 13.2 Å². The lowest BCUT2D eigenvalue weighted by molar-refractivity contribution is -0.159. The van der Waals surface area contributed by atoms with E-state index in [9.17, 15) is 9.59 Å². The Morgan fingerprint density at radius 2 is 1.82 bits per heavy atom. The van der Waals surface area contributed by atoms with Crippen LogP contribution in [0.3, 0.4) is 0 Å². The Kier molecular flexibility index (Phi) is 12.3. The molecule has 0 aromatic carbocycles. The van der Waals surface area contributed by atoms with Crippen LogP contribution < -0.4 is 17.2 Å². The lowest BCUT2D eigenvalue weighted by Crippen LogP contribution is -2.22. The highest BCUT2D eigenvalue weighted by molar-refractivity contribution is 5.71. The summed E-state index contributed by atoms with van der Waals surface area (Å²) in [6.45, 7) is 3.14. The van der Waals surface area contributed by atoms with Crippen molar-refractivity contribution in [2.24, 2.45) is 17.2 Å². The van der Waals surface area contributed by atoms with Crippen molar-refractivity contribution < 1.29 is 28.6 Å². The van der Waals surface area contributed by atoms with Crippen molar-refractivity contribution in [3.8, 4) is 0 Å². The molecule has 0 atom stereocenters. The van der Waals surface area contributed by atoms with E-state index in [1.54, 1.807) is 6.92 Å². The first-order valence-corrected chi connectivity index (χ1v) is 4.60. The fraction of sp³-hybridized carbons (Fsp3) is 0.625. The van der Waals surface area contributed by atoms with Crippen LogP contribution in [0.1, 0.15) is 6.92 Å². The molecule has 0 aliphatic carbocycles. The summed E-state index contributed by atoms with van der Waals surface area (Å²) >= 11 is 0. The van der Waals surface area contributed by atoms with Crippen LogP contribution in [0.5, 0.6) is 0 Å². The van der Waals surface area contributed by atoms with E-state index in [0.717, 1.165) is 0 Å². The van der Waals surface area contributed by atoms with Gasteiger partial charge >= 0.3 is 18.1 Å². The normalized spacial score (nSPS) is 12.9. The van der Waals surface area contributed by atoms with Gasteiger partial charge in [-0.15, -0.1) is 0 Å². The van der Waals surface area contributed by atoms with Gasteiger partial charge in [-0.1, -0.05) is 0 Å². The number of esters is 1. The highest BCUT2D eigenvalue weighted by Gasteiger charge is 2.06. The number of amides is 3. The van der Waals surface area contributed by atoms with Gasteiger partial charge in [0, 0.05) is 0 Å². The van der Waals surface area contributed by atoms with Gasteiger partial charge in [0.25, 0.3) is 0 Å². The summed E-state index contributed by atoms with van der Waals surface area (Å²) in [4.78, 5) is 28.7. The number of hydrogen-bond donors (Lipinski definition) is 3. The van der Waals surface area contributed by atoms with E-state index in [-0.39, 0.29) is 12.6 Å². The molecule has 9 heteroatoms. The fourth-order valence-corrected chi connectivity index (χ4v) is 0.554. The summed E-state index contributed by atoms with van der Waals surface area (Å²) < 4.78 is 13.4. The predicted octanol–water partition coefficient (Wildman–Crippen LogP) is -1.31. The van der Waals surface area contributed by atoms with Gasteiger partial charge < -0.3 is 31.4 Å². The van der Waals surface area contributed by atoms with Crippen molar-refractivity contribution in [2.45, 2.75) is 6.92 Å². The number of hydrogen-bond acceptors (Lipinski definition) is 6. The third-order valence-electron chi connectivity index (χ3n) is 0.997. The molecule has 1 rings (SSSR count). The van der Waals surface area contributed by atoms with Gasteiger partial charge in [0.15, 0.2) is 0 Å². The van der Waals surface area contributed by atoms with E-state index in [0.29, 0.717) is 19.8 Å². The molecule has 1 heterocycles. The number of primary amides is 3. The second kappa shape index (κ2) is 12.0. The van der Waals surface area contributed by atoms with Crippen molar-refractivity contribution in [1.82, 2.24) is 0 Å². The van der Waals surface area contributed by atoms with E-state index < -0.39 is 12.1 Å². The molecule has 100 valence electrons. The maximum atomic E-state index is 10.1. The fourth-order valence-electron chi connectivity index (χ4n) is 0.554. The standard InChI is InChI=1S/C4H6O3.C3H7NO2.CH4N2O/c5-4-3-6-1-2-7-4;1-2-6-3(4)5;2-1(3)4/h1-3H2;2H2,1H3,(H2,4,5);(H4,2,3,4). The maximum absolute atomic E-state index is 10.1. The van der Waals surface area contributed by atoms with Gasteiger partial charge in [-0.25, -0.2) is 14.4 Å². The summed E-state index contributed by atoms with van der Waals surface area (Å²) in [6.07, 6.45) is -0.711. The number of urea groups is 1. The van der Waals surface area contributed by atoms with Crippen LogP contribution in [-0.4, -0.2) is 44.5 Å². The molecule has 0 radical (unpaired) electrons. The maximum Gasteiger partial charge on any atom is 0.404 e. The molecule has 6 N–H and O–H groups in total. The van der Waals surface area contributed by atoms with Crippen molar-refractivity contribution in [3.63, 3.8) is 0 Å². The van der Waals surface area contributed by atoms with Crippen molar-refractivity contribution >= 4 is 18.1 Å². The zero-order chi connectivity index (χ0) is 13.7. The molecule has 17 heavy (non-hydrogen) atoms. The third kappa shape index (κ3) is 24.9. The third-order valence-corrected chi connectivity index (χ3v) is 0.997. The van der Waals surface area contributed by atoms with E-state index in [2.05, 4.69) is 26.7 Å². The molecule has 0 aromatic heterocycles. The van der Waals surface area contributed by atoms with E-state index in [4.69, 9.17) is 9.53 Å². The van der Waals surface area contributed by atoms with Crippen LogP contribution >= 0.6 is 0 Å². The predicted molar refractivity (Wildman–Crippen MR) is 56.8 cm³/mol. The zero-order valence-electron chi connectivity index (χ0n) is 9.51. The van der Waals surface area contributed by atoms with Gasteiger partial charge in [-0.3, -0.25) is 0 Å². The molecule has 0 spiro atoms. The molecule has 0 aromatic rings. The van der Waals surface area contributed by atoms with Gasteiger partial charge in [0.2, 0.25) is 0 Å². The molecule has 3 amide bonds. The van der Waals surface area contributed by atoms with E-state index in [1.165, 1.54) is 0 Å². The van der Waals surface area contributed by atoms with Crippen LogP contribution in [0, 0.1) is 0 Å².